The molecule has 2 aromatic rings. The first-order valence-corrected chi connectivity index (χ1v) is 6.16. The zero-order chi connectivity index (χ0) is 10.1. The molecule has 2 aromatic heterocycles. The van der Waals surface area contributed by atoms with Crippen LogP contribution < -0.4 is 0 Å². The van der Waals surface area contributed by atoms with Gasteiger partial charge in [0.05, 0.1) is 0 Å². The maximum absolute atomic E-state index is 10.1. The Hall–Kier alpha value is -0.640. The van der Waals surface area contributed by atoms with Crippen molar-refractivity contribution in [3.8, 4) is 0 Å². The van der Waals surface area contributed by atoms with Crippen molar-refractivity contribution in [2.24, 2.45) is 0 Å². The zero-order valence-electron chi connectivity index (χ0n) is 8.15. The van der Waals surface area contributed by atoms with Crippen molar-refractivity contribution in [3.05, 3.63) is 43.8 Å². The molecule has 0 bridgehead atoms. The van der Waals surface area contributed by atoms with E-state index in [2.05, 4.69) is 6.92 Å². The maximum Gasteiger partial charge on any atom is 0.123 e. The van der Waals surface area contributed by atoms with Crippen LogP contribution in [0.5, 0.6) is 0 Å². The van der Waals surface area contributed by atoms with Crippen LogP contribution in [0.4, 0.5) is 0 Å². The van der Waals surface area contributed by atoms with Crippen molar-refractivity contribution in [1.29, 1.82) is 0 Å². The van der Waals surface area contributed by atoms with Gasteiger partial charge in [-0.2, -0.15) is 0 Å². The third-order valence-corrected chi connectivity index (χ3v) is 4.31. The van der Waals surface area contributed by atoms with Gasteiger partial charge < -0.3 is 5.11 Å². The van der Waals surface area contributed by atoms with E-state index in [9.17, 15) is 5.11 Å². The van der Waals surface area contributed by atoms with E-state index in [0.29, 0.717) is 0 Å². The molecule has 1 N–H and O–H groups in total. The van der Waals surface area contributed by atoms with E-state index >= 15 is 0 Å². The molecule has 14 heavy (non-hydrogen) atoms. The van der Waals surface area contributed by atoms with Crippen molar-refractivity contribution in [3.63, 3.8) is 0 Å². The summed E-state index contributed by atoms with van der Waals surface area (Å²) >= 11 is 3.28. The van der Waals surface area contributed by atoms with Gasteiger partial charge in [0, 0.05) is 14.6 Å². The molecule has 3 heteroatoms. The predicted molar refractivity (Wildman–Crippen MR) is 62.2 cm³/mol. The lowest BCUT2D eigenvalue weighted by atomic mass is 10.2. The molecule has 74 valence electrons. The van der Waals surface area contributed by atoms with E-state index in [4.69, 9.17) is 0 Å². The van der Waals surface area contributed by atoms with Crippen molar-refractivity contribution < 1.29 is 5.11 Å². The minimum atomic E-state index is -0.436. The summed E-state index contributed by atoms with van der Waals surface area (Å²) in [6.07, 6.45) is -0.436. The second kappa shape index (κ2) is 3.85. The number of aliphatic hydroxyl groups is 1. The summed E-state index contributed by atoms with van der Waals surface area (Å²) in [6, 6.07) is 6.10. The fourth-order valence-electron chi connectivity index (χ4n) is 1.39. The van der Waals surface area contributed by atoms with Gasteiger partial charge in [-0.15, -0.1) is 22.7 Å². The molecule has 0 aliphatic heterocycles. The number of rotatable bonds is 2. The Labute approximate surface area is 91.7 Å². The first-order valence-electron chi connectivity index (χ1n) is 4.47. The van der Waals surface area contributed by atoms with Crippen molar-refractivity contribution in [2.75, 3.05) is 0 Å². The molecule has 0 fully saturated rings. The molecule has 0 saturated heterocycles. The van der Waals surface area contributed by atoms with Gasteiger partial charge in [-0.05, 0) is 43.0 Å². The Morgan fingerprint density at radius 1 is 1.21 bits per heavy atom. The third-order valence-electron chi connectivity index (χ3n) is 2.18. The molecule has 0 spiro atoms. The molecule has 0 aliphatic rings. The number of aryl methyl sites for hydroxylation is 2. The van der Waals surface area contributed by atoms with Crippen molar-refractivity contribution in [1.82, 2.24) is 0 Å². The van der Waals surface area contributed by atoms with E-state index in [0.717, 1.165) is 9.75 Å². The minimum Gasteiger partial charge on any atom is -0.382 e. The lowest BCUT2D eigenvalue weighted by Crippen LogP contribution is -1.95. The van der Waals surface area contributed by atoms with E-state index in [-0.39, 0.29) is 0 Å². The summed E-state index contributed by atoms with van der Waals surface area (Å²) in [4.78, 5) is 3.34. The second-order valence-corrected chi connectivity index (χ2v) is 5.59. The third kappa shape index (κ3) is 1.75. The lowest BCUT2D eigenvalue weighted by molar-refractivity contribution is 0.227. The molecule has 2 heterocycles. The van der Waals surface area contributed by atoms with Crippen LogP contribution in [0, 0.1) is 13.8 Å². The molecule has 0 aromatic carbocycles. The largest absolute Gasteiger partial charge is 0.382 e. The predicted octanol–water partition coefficient (Wildman–Crippen LogP) is 3.51. The first-order chi connectivity index (χ1) is 6.68. The molecule has 0 aliphatic carbocycles. The highest BCUT2D eigenvalue weighted by Crippen LogP contribution is 2.32. The average molecular weight is 224 g/mol. The van der Waals surface area contributed by atoms with Crippen LogP contribution in [-0.4, -0.2) is 5.11 Å². The Morgan fingerprint density at radius 3 is 2.50 bits per heavy atom. The zero-order valence-corrected chi connectivity index (χ0v) is 9.78. The Bertz CT molecular complexity index is 428. The summed E-state index contributed by atoms with van der Waals surface area (Å²) < 4.78 is 0. The molecule has 1 unspecified atom stereocenters. The normalized spacial score (nSPS) is 13.1. The molecule has 1 nitrogen and oxygen atoms in total. The fraction of sp³-hybridized carbons (Fsp3) is 0.273. The van der Waals surface area contributed by atoms with Crippen LogP contribution in [0.3, 0.4) is 0 Å². The SMILES string of the molecule is Cc1ccc(C(O)c2sccc2C)s1. The highest BCUT2D eigenvalue weighted by Gasteiger charge is 2.15. The highest BCUT2D eigenvalue weighted by atomic mass is 32.1. The lowest BCUT2D eigenvalue weighted by Gasteiger charge is -2.06. The van der Waals surface area contributed by atoms with Crippen LogP contribution >= 0.6 is 22.7 Å². The van der Waals surface area contributed by atoms with Gasteiger partial charge in [0.25, 0.3) is 0 Å². The van der Waals surface area contributed by atoms with Crippen molar-refractivity contribution >= 4 is 22.7 Å². The summed E-state index contributed by atoms with van der Waals surface area (Å²) in [5.74, 6) is 0. The van der Waals surface area contributed by atoms with Gasteiger partial charge in [-0.1, -0.05) is 0 Å². The Kier molecular flexibility index (Phi) is 2.72. The summed E-state index contributed by atoms with van der Waals surface area (Å²) in [6.45, 7) is 4.09. The van der Waals surface area contributed by atoms with Crippen LogP contribution in [0.1, 0.15) is 26.3 Å². The van der Waals surface area contributed by atoms with Crippen LogP contribution in [0.25, 0.3) is 0 Å². The van der Waals surface area contributed by atoms with Gasteiger partial charge in [0.15, 0.2) is 0 Å². The molecule has 1 atom stereocenters. The minimum absolute atomic E-state index is 0.436. The molecule has 2 rings (SSSR count). The number of thiophene rings is 2. The van der Waals surface area contributed by atoms with E-state index < -0.39 is 6.10 Å². The standard InChI is InChI=1S/C11H12OS2/c1-7-5-6-13-11(7)10(12)9-4-3-8(2)14-9/h3-6,10,12H,1-2H3. The monoisotopic (exact) mass is 224 g/mol. The van der Waals surface area contributed by atoms with Gasteiger partial charge in [0.2, 0.25) is 0 Å². The second-order valence-electron chi connectivity index (χ2n) is 3.32. The van der Waals surface area contributed by atoms with Gasteiger partial charge in [-0.3, -0.25) is 0 Å². The van der Waals surface area contributed by atoms with Gasteiger partial charge >= 0.3 is 0 Å². The molecule has 0 amide bonds. The molecule has 0 saturated carbocycles. The van der Waals surface area contributed by atoms with Crippen molar-refractivity contribution in [2.45, 2.75) is 20.0 Å². The highest BCUT2D eigenvalue weighted by molar-refractivity contribution is 7.12. The van der Waals surface area contributed by atoms with Crippen LogP contribution in [-0.2, 0) is 0 Å². The van der Waals surface area contributed by atoms with E-state index in [1.807, 2.05) is 30.5 Å². The van der Waals surface area contributed by atoms with Gasteiger partial charge in [0.1, 0.15) is 6.10 Å². The van der Waals surface area contributed by atoms with Crippen LogP contribution in [0.15, 0.2) is 23.6 Å². The van der Waals surface area contributed by atoms with E-state index in [1.165, 1.54) is 10.4 Å². The average Bonchev–Trinajstić information content (AvgIpc) is 2.73. The maximum atomic E-state index is 10.1. The number of hydrogen-bond donors (Lipinski definition) is 1. The van der Waals surface area contributed by atoms with Crippen LogP contribution in [0.2, 0.25) is 0 Å². The van der Waals surface area contributed by atoms with Gasteiger partial charge in [-0.25, -0.2) is 0 Å². The quantitative estimate of drug-likeness (QED) is 0.827. The number of hydrogen-bond acceptors (Lipinski definition) is 3. The Balaban J connectivity index is 2.33. The summed E-state index contributed by atoms with van der Waals surface area (Å²) in [7, 11) is 0. The number of aliphatic hydroxyl groups excluding tert-OH is 1. The first kappa shape index (κ1) is 9.90. The fourth-order valence-corrected chi connectivity index (χ4v) is 3.27. The topological polar surface area (TPSA) is 20.2 Å². The Morgan fingerprint density at radius 2 is 2.00 bits per heavy atom. The molecular formula is C11H12OS2. The molecular weight excluding hydrogens is 212 g/mol. The smallest absolute Gasteiger partial charge is 0.123 e. The summed E-state index contributed by atoms with van der Waals surface area (Å²) in [5, 5.41) is 12.1. The summed E-state index contributed by atoms with van der Waals surface area (Å²) in [5.41, 5.74) is 1.17. The molecule has 0 radical (unpaired) electrons. The van der Waals surface area contributed by atoms with E-state index in [1.54, 1.807) is 22.7 Å².